The monoisotopic (exact) mass is 396 g/mol. The second-order valence-corrected chi connectivity index (χ2v) is 6.89. The van der Waals surface area contributed by atoms with Crippen molar-refractivity contribution >= 4 is 18.1 Å². The summed E-state index contributed by atoms with van der Waals surface area (Å²) in [6.45, 7) is 5.75. The smallest absolute Gasteiger partial charge is 0.251 e. The first-order valence-electron chi connectivity index (χ1n) is 9.27. The Labute approximate surface area is 169 Å². The maximum Gasteiger partial charge on any atom is 0.251 e. The van der Waals surface area contributed by atoms with E-state index in [0.717, 1.165) is 17.9 Å². The summed E-state index contributed by atoms with van der Waals surface area (Å²) in [7, 11) is 0. The summed E-state index contributed by atoms with van der Waals surface area (Å²) < 4.78 is 8.35. The molecule has 1 aromatic heterocycles. The van der Waals surface area contributed by atoms with Crippen LogP contribution in [0.1, 0.15) is 34.2 Å². The van der Waals surface area contributed by atoms with Crippen molar-refractivity contribution in [2.24, 2.45) is 0 Å². The number of carbonyl (C=O) groups is 1. The van der Waals surface area contributed by atoms with Crippen molar-refractivity contribution in [3.63, 3.8) is 0 Å². The number of aromatic amines is 1. The van der Waals surface area contributed by atoms with Gasteiger partial charge in [-0.3, -0.25) is 9.89 Å². The van der Waals surface area contributed by atoms with Crippen molar-refractivity contribution in [3.8, 4) is 5.75 Å². The van der Waals surface area contributed by atoms with E-state index in [9.17, 15) is 4.79 Å². The van der Waals surface area contributed by atoms with Gasteiger partial charge in [0.2, 0.25) is 0 Å². The van der Waals surface area contributed by atoms with Gasteiger partial charge in [-0.2, -0.15) is 5.10 Å². The number of rotatable bonds is 8. The summed E-state index contributed by atoms with van der Waals surface area (Å²) >= 11 is 5.18. The topological polar surface area (TPSA) is 71.9 Å². The van der Waals surface area contributed by atoms with Gasteiger partial charge >= 0.3 is 0 Å². The molecule has 0 fully saturated rings. The minimum absolute atomic E-state index is 0.141. The third kappa shape index (κ3) is 5.07. The van der Waals surface area contributed by atoms with Crippen LogP contribution in [0, 0.1) is 11.7 Å². The number of hydrogen-bond acceptors (Lipinski definition) is 4. The molecule has 3 rings (SSSR count). The largest absolute Gasteiger partial charge is 0.489 e. The van der Waals surface area contributed by atoms with Gasteiger partial charge in [0, 0.05) is 25.1 Å². The minimum atomic E-state index is -0.141. The molecule has 0 saturated carbocycles. The van der Waals surface area contributed by atoms with Crippen LogP contribution >= 0.6 is 12.2 Å². The SMILES string of the molecule is CCn1c(CCNC(=O)c2cccc(OCc3cccc(C)c3)c2)n[nH]c1=S. The fraction of sp³-hybridized carbons (Fsp3) is 0.286. The lowest BCUT2D eigenvalue weighted by Crippen LogP contribution is -2.26. The van der Waals surface area contributed by atoms with Gasteiger partial charge in [0.15, 0.2) is 4.77 Å². The number of carbonyl (C=O) groups excluding carboxylic acids is 1. The predicted octanol–water partition coefficient (Wildman–Crippen LogP) is 3.82. The summed E-state index contributed by atoms with van der Waals surface area (Å²) in [6, 6.07) is 15.4. The number of nitrogens with zero attached hydrogens (tertiary/aromatic N) is 2. The van der Waals surface area contributed by atoms with Crippen LogP contribution in [0.3, 0.4) is 0 Å². The lowest BCUT2D eigenvalue weighted by atomic mass is 10.1. The van der Waals surface area contributed by atoms with E-state index in [4.69, 9.17) is 17.0 Å². The molecule has 0 bridgehead atoms. The minimum Gasteiger partial charge on any atom is -0.489 e. The number of benzene rings is 2. The second kappa shape index (κ2) is 9.32. The van der Waals surface area contributed by atoms with E-state index >= 15 is 0 Å². The Bertz CT molecular complexity index is 1010. The summed E-state index contributed by atoms with van der Waals surface area (Å²) in [5.74, 6) is 1.36. The Kier molecular flexibility index (Phi) is 6.60. The molecule has 0 radical (unpaired) electrons. The molecule has 0 atom stereocenters. The third-order valence-electron chi connectivity index (χ3n) is 4.37. The number of aryl methyl sites for hydroxylation is 1. The molecule has 0 aliphatic heterocycles. The number of H-pyrrole nitrogens is 1. The number of aromatic nitrogens is 3. The standard InChI is InChI=1S/C21H24N4O2S/c1-3-25-19(23-24-21(25)28)10-11-22-20(26)17-8-5-9-18(13-17)27-14-16-7-4-6-15(2)12-16/h4-9,12-13H,3,10-11,14H2,1-2H3,(H,22,26)(H,24,28). The Morgan fingerprint density at radius 3 is 2.86 bits per heavy atom. The van der Waals surface area contributed by atoms with Crippen molar-refractivity contribution in [2.75, 3.05) is 6.54 Å². The highest BCUT2D eigenvalue weighted by atomic mass is 32.1. The van der Waals surface area contributed by atoms with Gasteiger partial charge in [0.05, 0.1) is 0 Å². The Morgan fingerprint density at radius 1 is 1.25 bits per heavy atom. The Hall–Kier alpha value is -2.93. The van der Waals surface area contributed by atoms with Crippen LogP contribution in [0.5, 0.6) is 5.75 Å². The average molecular weight is 397 g/mol. The number of nitrogens with one attached hydrogen (secondary N) is 2. The molecule has 146 valence electrons. The van der Waals surface area contributed by atoms with E-state index < -0.39 is 0 Å². The summed E-state index contributed by atoms with van der Waals surface area (Å²) in [5, 5.41) is 9.91. The first-order chi connectivity index (χ1) is 13.6. The zero-order chi connectivity index (χ0) is 19.9. The highest BCUT2D eigenvalue weighted by Gasteiger charge is 2.09. The fourth-order valence-corrected chi connectivity index (χ4v) is 3.23. The van der Waals surface area contributed by atoms with Crippen molar-refractivity contribution in [1.29, 1.82) is 0 Å². The molecule has 2 aromatic carbocycles. The van der Waals surface area contributed by atoms with Gasteiger partial charge in [-0.25, -0.2) is 0 Å². The van der Waals surface area contributed by atoms with Crippen LogP contribution in [-0.2, 0) is 19.6 Å². The van der Waals surface area contributed by atoms with Crippen LogP contribution in [-0.4, -0.2) is 27.2 Å². The molecular formula is C21H24N4O2S. The van der Waals surface area contributed by atoms with Crippen molar-refractivity contribution in [1.82, 2.24) is 20.1 Å². The van der Waals surface area contributed by atoms with E-state index in [1.165, 1.54) is 5.56 Å². The van der Waals surface area contributed by atoms with Crippen LogP contribution in [0.2, 0.25) is 0 Å². The summed E-state index contributed by atoms with van der Waals surface area (Å²) in [5.41, 5.74) is 2.86. The predicted molar refractivity (Wildman–Crippen MR) is 111 cm³/mol. The van der Waals surface area contributed by atoms with Crippen molar-refractivity contribution in [2.45, 2.75) is 33.4 Å². The first kappa shape index (κ1) is 19.8. The molecule has 2 N–H and O–H groups in total. The fourth-order valence-electron chi connectivity index (χ4n) is 2.95. The third-order valence-corrected chi connectivity index (χ3v) is 4.68. The van der Waals surface area contributed by atoms with Gasteiger partial charge < -0.3 is 14.6 Å². The van der Waals surface area contributed by atoms with Gasteiger partial charge in [0.1, 0.15) is 18.2 Å². The molecule has 0 saturated heterocycles. The number of amides is 1. The van der Waals surface area contributed by atoms with E-state index in [2.05, 4.69) is 34.6 Å². The van der Waals surface area contributed by atoms with E-state index in [1.807, 2.05) is 35.8 Å². The molecule has 3 aromatic rings. The molecule has 1 heterocycles. The van der Waals surface area contributed by atoms with Crippen LogP contribution in [0.25, 0.3) is 0 Å². The number of hydrogen-bond donors (Lipinski definition) is 2. The van der Waals surface area contributed by atoms with Gasteiger partial charge in [0.25, 0.3) is 5.91 Å². The van der Waals surface area contributed by atoms with Gasteiger partial charge in [-0.15, -0.1) is 0 Å². The zero-order valence-corrected chi connectivity index (χ0v) is 16.9. The average Bonchev–Trinajstić information content (AvgIpc) is 3.06. The molecule has 0 aliphatic carbocycles. The number of ether oxygens (including phenoxy) is 1. The summed E-state index contributed by atoms with van der Waals surface area (Å²) in [6.07, 6.45) is 0.607. The highest BCUT2D eigenvalue weighted by Crippen LogP contribution is 2.16. The molecule has 0 aliphatic rings. The Morgan fingerprint density at radius 2 is 2.07 bits per heavy atom. The molecule has 6 nitrogen and oxygen atoms in total. The molecule has 1 amide bonds. The lowest BCUT2D eigenvalue weighted by Gasteiger charge is -2.09. The summed E-state index contributed by atoms with van der Waals surface area (Å²) in [4.78, 5) is 12.4. The quantitative estimate of drug-likeness (QED) is 0.568. The van der Waals surface area contributed by atoms with Crippen LogP contribution < -0.4 is 10.1 Å². The van der Waals surface area contributed by atoms with Crippen molar-refractivity contribution < 1.29 is 9.53 Å². The van der Waals surface area contributed by atoms with Gasteiger partial charge in [-0.1, -0.05) is 35.9 Å². The molecule has 28 heavy (non-hydrogen) atoms. The molecular weight excluding hydrogens is 372 g/mol. The molecule has 0 unspecified atom stereocenters. The zero-order valence-electron chi connectivity index (χ0n) is 16.1. The maximum atomic E-state index is 12.4. The molecule has 0 spiro atoms. The first-order valence-corrected chi connectivity index (χ1v) is 9.68. The molecule has 7 heteroatoms. The van der Waals surface area contributed by atoms with Crippen LogP contribution in [0.4, 0.5) is 0 Å². The van der Waals surface area contributed by atoms with E-state index in [-0.39, 0.29) is 5.91 Å². The van der Waals surface area contributed by atoms with E-state index in [1.54, 1.807) is 12.1 Å². The van der Waals surface area contributed by atoms with Crippen molar-refractivity contribution in [3.05, 3.63) is 75.8 Å². The normalized spacial score (nSPS) is 10.6. The maximum absolute atomic E-state index is 12.4. The van der Waals surface area contributed by atoms with E-state index in [0.29, 0.717) is 35.7 Å². The highest BCUT2D eigenvalue weighted by molar-refractivity contribution is 7.71. The van der Waals surface area contributed by atoms with Gasteiger partial charge in [-0.05, 0) is 49.8 Å². The van der Waals surface area contributed by atoms with Crippen LogP contribution in [0.15, 0.2) is 48.5 Å². The second-order valence-electron chi connectivity index (χ2n) is 6.50. The Balaban J connectivity index is 1.55. The lowest BCUT2D eigenvalue weighted by molar-refractivity contribution is 0.0953.